The Morgan fingerprint density at radius 2 is 2.00 bits per heavy atom. The fourth-order valence-corrected chi connectivity index (χ4v) is 2.84. The molecule has 0 bridgehead atoms. The van der Waals surface area contributed by atoms with Gasteiger partial charge in [0.2, 0.25) is 0 Å². The molecule has 2 rings (SSSR count). The van der Waals surface area contributed by atoms with Gasteiger partial charge in [-0.05, 0) is 43.5 Å². The molecule has 0 spiro atoms. The molecule has 0 saturated carbocycles. The van der Waals surface area contributed by atoms with Crippen LogP contribution in [0.1, 0.15) is 31.5 Å². The smallest absolute Gasteiger partial charge is 0.0486 e. The fraction of sp³-hybridized carbons (Fsp3) is 0.429. The molecular formula is C14H18BrN. The van der Waals surface area contributed by atoms with Crippen molar-refractivity contribution in [2.45, 2.75) is 40.2 Å². The zero-order valence-electron chi connectivity index (χ0n) is 10.2. The molecule has 1 nitrogen and oxygen atoms in total. The average molecular weight is 280 g/mol. The number of fused-ring (bicyclic) bond motifs is 1. The first-order valence-electron chi connectivity index (χ1n) is 5.96. The van der Waals surface area contributed by atoms with Crippen molar-refractivity contribution in [1.29, 1.82) is 0 Å². The highest BCUT2D eigenvalue weighted by Crippen LogP contribution is 2.28. The lowest BCUT2D eigenvalue weighted by Gasteiger charge is -2.08. The van der Waals surface area contributed by atoms with Crippen molar-refractivity contribution < 1.29 is 0 Å². The van der Waals surface area contributed by atoms with Crippen molar-refractivity contribution >= 4 is 26.8 Å². The molecule has 16 heavy (non-hydrogen) atoms. The molecule has 0 unspecified atom stereocenters. The maximum absolute atomic E-state index is 3.55. The van der Waals surface area contributed by atoms with Gasteiger partial charge in [0.05, 0.1) is 0 Å². The number of aromatic nitrogens is 1. The highest BCUT2D eigenvalue weighted by atomic mass is 79.9. The molecule has 0 atom stereocenters. The molecular weight excluding hydrogens is 262 g/mol. The summed E-state index contributed by atoms with van der Waals surface area (Å²) in [6.45, 7) is 7.83. The van der Waals surface area contributed by atoms with Crippen molar-refractivity contribution in [2.75, 3.05) is 0 Å². The Bertz CT molecular complexity index is 511. The number of hydrogen-bond donors (Lipinski definition) is 0. The molecule has 0 aliphatic carbocycles. The number of benzene rings is 1. The summed E-state index contributed by atoms with van der Waals surface area (Å²) < 4.78 is 3.64. The van der Waals surface area contributed by atoms with Gasteiger partial charge in [0.25, 0.3) is 0 Å². The summed E-state index contributed by atoms with van der Waals surface area (Å²) in [5.41, 5.74) is 4.29. The topological polar surface area (TPSA) is 4.93 Å². The lowest BCUT2D eigenvalue weighted by atomic mass is 10.1. The van der Waals surface area contributed by atoms with E-state index in [1.807, 2.05) is 0 Å². The zero-order valence-corrected chi connectivity index (χ0v) is 11.8. The summed E-state index contributed by atoms with van der Waals surface area (Å²) in [6.07, 6.45) is 2.30. The van der Waals surface area contributed by atoms with Gasteiger partial charge in [-0.15, -0.1) is 0 Å². The third kappa shape index (κ3) is 1.80. The van der Waals surface area contributed by atoms with E-state index in [1.54, 1.807) is 0 Å². The zero-order chi connectivity index (χ0) is 11.7. The minimum atomic E-state index is 1.11. The summed E-state index contributed by atoms with van der Waals surface area (Å²) in [5.74, 6) is 0. The van der Waals surface area contributed by atoms with Crippen molar-refractivity contribution in [3.63, 3.8) is 0 Å². The van der Waals surface area contributed by atoms with E-state index in [9.17, 15) is 0 Å². The van der Waals surface area contributed by atoms with Crippen molar-refractivity contribution in [1.82, 2.24) is 4.57 Å². The summed E-state index contributed by atoms with van der Waals surface area (Å²) in [6, 6.07) is 6.59. The van der Waals surface area contributed by atoms with Gasteiger partial charge in [0, 0.05) is 27.6 Å². The first kappa shape index (κ1) is 11.7. The number of hydrogen-bond acceptors (Lipinski definition) is 0. The fourth-order valence-electron chi connectivity index (χ4n) is 2.48. The van der Waals surface area contributed by atoms with Crippen molar-refractivity contribution in [2.24, 2.45) is 0 Å². The summed E-state index contributed by atoms with van der Waals surface area (Å²) >= 11 is 3.55. The molecule has 0 saturated heterocycles. The Hall–Kier alpha value is -0.760. The van der Waals surface area contributed by atoms with Crippen molar-refractivity contribution in [3.05, 3.63) is 33.9 Å². The van der Waals surface area contributed by atoms with E-state index < -0.39 is 0 Å². The third-order valence-electron chi connectivity index (χ3n) is 3.19. The summed E-state index contributed by atoms with van der Waals surface area (Å²) in [7, 11) is 0. The first-order chi connectivity index (χ1) is 7.69. The molecule has 0 aliphatic rings. The van der Waals surface area contributed by atoms with E-state index >= 15 is 0 Å². The van der Waals surface area contributed by atoms with Gasteiger partial charge in [-0.2, -0.15) is 0 Å². The van der Waals surface area contributed by atoms with Crippen LogP contribution < -0.4 is 0 Å². The van der Waals surface area contributed by atoms with Crippen LogP contribution in [0.2, 0.25) is 0 Å². The normalized spacial score (nSPS) is 11.2. The predicted molar refractivity (Wildman–Crippen MR) is 74.0 cm³/mol. The molecule has 1 aromatic heterocycles. The van der Waals surface area contributed by atoms with Crippen LogP contribution >= 0.6 is 15.9 Å². The van der Waals surface area contributed by atoms with E-state index in [-0.39, 0.29) is 0 Å². The van der Waals surface area contributed by atoms with E-state index in [0.717, 1.165) is 13.0 Å². The van der Waals surface area contributed by atoms with Crippen LogP contribution in [0.25, 0.3) is 10.9 Å². The van der Waals surface area contributed by atoms with Crippen LogP contribution in [0.3, 0.4) is 0 Å². The molecule has 86 valence electrons. The Morgan fingerprint density at radius 1 is 1.25 bits per heavy atom. The van der Waals surface area contributed by atoms with Crippen LogP contribution in [0.4, 0.5) is 0 Å². The Labute approximate surface area is 106 Å². The Balaban J connectivity index is 2.75. The molecule has 2 heteroatoms. The monoisotopic (exact) mass is 279 g/mol. The minimum Gasteiger partial charge on any atom is -0.344 e. The first-order valence-corrected chi connectivity index (χ1v) is 6.75. The minimum absolute atomic E-state index is 1.11. The number of rotatable bonds is 3. The van der Waals surface area contributed by atoms with Gasteiger partial charge < -0.3 is 4.57 Å². The lowest BCUT2D eigenvalue weighted by Crippen LogP contribution is -2.01. The van der Waals surface area contributed by atoms with Gasteiger partial charge in [0.15, 0.2) is 0 Å². The maximum Gasteiger partial charge on any atom is 0.0486 e. The van der Waals surface area contributed by atoms with E-state index in [4.69, 9.17) is 0 Å². The van der Waals surface area contributed by atoms with Crippen LogP contribution in [-0.2, 0) is 13.0 Å². The standard InChI is InChI=1S/C14H18BrN/c1-4-8-16-13(5-2)10(3)12-9-11(15)6-7-14(12)16/h6-7,9H,4-5,8H2,1-3H3. The number of aryl methyl sites for hydroxylation is 2. The van der Waals surface area contributed by atoms with Crippen LogP contribution in [0.5, 0.6) is 0 Å². The quantitative estimate of drug-likeness (QED) is 0.769. The van der Waals surface area contributed by atoms with E-state index in [0.29, 0.717) is 0 Å². The number of halogens is 1. The van der Waals surface area contributed by atoms with E-state index in [1.165, 1.54) is 33.1 Å². The largest absolute Gasteiger partial charge is 0.344 e. The SMILES string of the molecule is CCCn1c(CC)c(C)c2cc(Br)ccc21. The molecule has 1 heterocycles. The second kappa shape index (κ2) is 4.62. The van der Waals surface area contributed by atoms with Crippen LogP contribution in [-0.4, -0.2) is 4.57 Å². The van der Waals surface area contributed by atoms with Gasteiger partial charge >= 0.3 is 0 Å². The average Bonchev–Trinajstić information content (AvgIpc) is 2.53. The third-order valence-corrected chi connectivity index (χ3v) is 3.69. The van der Waals surface area contributed by atoms with Gasteiger partial charge in [0.1, 0.15) is 0 Å². The molecule has 0 N–H and O–H groups in total. The highest BCUT2D eigenvalue weighted by Gasteiger charge is 2.11. The Kier molecular flexibility index (Phi) is 3.38. The van der Waals surface area contributed by atoms with Gasteiger partial charge in [-0.1, -0.05) is 29.8 Å². The second-order valence-corrected chi connectivity index (χ2v) is 5.15. The maximum atomic E-state index is 3.55. The van der Waals surface area contributed by atoms with Crippen molar-refractivity contribution in [3.8, 4) is 0 Å². The molecule has 0 aliphatic heterocycles. The summed E-state index contributed by atoms with van der Waals surface area (Å²) in [5, 5.41) is 1.39. The summed E-state index contributed by atoms with van der Waals surface area (Å²) in [4.78, 5) is 0. The lowest BCUT2D eigenvalue weighted by molar-refractivity contribution is 0.669. The van der Waals surface area contributed by atoms with Crippen LogP contribution in [0, 0.1) is 6.92 Å². The molecule has 0 fully saturated rings. The van der Waals surface area contributed by atoms with Gasteiger partial charge in [-0.3, -0.25) is 0 Å². The predicted octanol–water partition coefficient (Wildman–Crippen LogP) is 4.68. The second-order valence-electron chi connectivity index (χ2n) is 4.24. The molecule has 1 aromatic carbocycles. The molecule has 0 radical (unpaired) electrons. The highest BCUT2D eigenvalue weighted by molar-refractivity contribution is 9.10. The number of nitrogens with zero attached hydrogens (tertiary/aromatic N) is 1. The van der Waals surface area contributed by atoms with Gasteiger partial charge in [-0.25, -0.2) is 0 Å². The molecule has 2 aromatic rings. The molecule has 0 amide bonds. The van der Waals surface area contributed by atoms with Crippen LogP contribution in [0.15, 0.2) is 22.7 Å². The Morgan fingerprint density at radius 3 is 2.62 bits per heavy atom. The van der Waals surface area contributed by atoms with E-state index in [2.05, 4.69) is 59.5 Å².